The zero-order valence-corrected chi connectivity index (χ0v) is 12.3. The van der Waals surface area contributed by atoms with Crippen molar-refractivity contribution in [2.24, 2.45) is 0 Å². The number of likely N-dealkylation sites (N-methyl/N-ethyl adjacent to an activating group) is 1. The van der Waals surface area contributed by atoms with Crippen molar-refractivity contribution in [2.75, 3.05) is 25.0 Å². The Kier molecular flexibility index (Phi) is 3.66. The lowest BCUT2D eigenvalue weighted by atomic mass is 10.1. The molecule has 108 valence electrons. The van der Waals surface area contributed by atoms with Gasteiger partial charge in [0.1, 0.15) is 0 Å². The number of fused-ring (bicyclic) bond motifs is 1. The molecule has 0 radical (unpaired) electrons. The molecule has 1 atom stereocenters. The van der Waals surface area contributed by atoms with Crippen LogP contribution in [0.15, 0.2) is 24.3 Å². The van der Waals surface area contributed by atoms with E-state index in [1.165, 1.54) is 24.1 Å². The highest BCUT2D eigenvalue weighted by molar-refractivity contribution is 5.79. The lowest BCUT2D eigenvalue weighted by molar-refractivity contribution is -0.132. The van der Waals surface area contributed by atoms with Crippen LogP contribution in [0.2, 0.25) is 0 Å². The van der Waals surface area contributed by atoms with Crippen LogP contribution in [0.5, 0.6) is 0 Å². The molecule has 3 rings (SSSR count). The number of hydrogen-bond acceptors (Lipinski definition) is 3. The third-order valence-electron chi connectivity index (χ3n) is 4.25. The fourth-order valence-corrected chi connectivity index (χ4v) is 2.90. The van der Waals surface area contributed by atoms with Gasteiger partial charge in [-0.1, -0.05) is 18.2 Å². The molecule has 1 fully saturated rings. The van der Waals surface area contributed by atoms with Gasteiger partial charge in [-0.05, 0) is 31.4 Å². The molecule has 0 bridgehead atoms. The monoisotopic (exact) mass is 273 g/mol. The molecule has 20 heavy (non-hydrogen) atoms. The maximum Gasteiger partial charge on any atom is 0.237 e. The van der Waals surface area contributed by atoms with Crippen molar-refractivity contribution in [1.82, 2.24) is 10.2 Å². The minimum absolute atomic E-state index is 0.217. The third kappa shape index (κ3) is 2.80. The second-order valence-electron chi connectivity index (χ2n) is 6.04. The molecule has 1 amide bonds. The zero-order chi connectivity index (χ0) is 14.1. The maximum absolute atomic E-state index is 12.5. The summed E-state index contributed by atoms with van der Waals surface area (Å²) in [6.45, 7) is 4.21. The molecule has 0 aromatic heterocycles. The summed E-state index contributed by atoms with van der Waals surface area (Å²) in [5, 5.41) is 3.32. The van der Waals surface area contributed by atoms with Gasteiger partial charge in [0.15, 0.2) is 0 Å². The van der Waals surface area contributed by atoms with Crippen molar-refractivity contribution in [3.8, 4) is 0 Å². The Labute approximate surface area is 120 Å². The normalized spacial score (nSPS) is 22.4. The van der Waals surface area contributed by atoms with Crippen LogP contribution in [-0.4, -0.2) is 43.0 Å². The molecule has 0 spiro atoms. The molecule has 1 saturated carbocycles. The minimum Gasteiger partial charge on any atom is -0.372 e. The van der Waals surface area contributed by atoms with Crippen molar-refractivity contribution in [3.63, 3.8) is 0 Å². The van der Waals surface area contributed by atoms with Gasteiger partial charge >= 0.3 is 0 Å². The summed E-state index contributed by atoms with van der Waals surface area (Å²) in [5.41, 5.74) is 2.48. The summed E-state index contributed by atoms with van der Waals surface area (Å²) >= 11 is 0. The van der Waals surface area contributed by atoms with Gasteiger partial charge in [0, 0.05) is 37.9 Å². The number of rotatable bonds is 3. The van der Waals surface area contributed by atoms with Crippen LogP contribution in [0, 0.1) is 0 Å². The lowest BCUT2D eigenvalue weighted by Gasteiger charge is -2.28. The smallest absolute Gasteiger partial charge is 0.237 e. The molecule has 1 aromatic rings. The van der Waals surface area contributed by atoms with Crippen molar-refractivity contribution in [3.05, 3.63) is 29.8 Å². The Balaban J connectivity index is 1.75. The highest BCUT2D eigenvalue weighted by atomic mass is 16.2. The first-order valence-corrected chi connectivity index (χ1v) is 7.47. The van der Waals surface area contributed by atoms with Crippen LogP contribution < -0.4 is 10.2 Å². The zero-order valence-electron chi connectivity index (χ0n) is 12.3. The third-order valence-corrected chi connectivity index (χ3v) is 4.25. The Hall–Kier alpha value is -1.55. The van der Waals surface area contributed by atoms with Gasteiger partial charge in [0.25, 0.3) is 0 Å². The summed E-state index contributed by atoms with van der Waals surface area (Å²) in [7, 11) is 2.10. The summed E-state index contributed by atoms with van der Waals surface area (Å²) in [4.78, 5) is 16.7. The van der Waals surface area contributed by atoms with Crippen LogP contribution in [0.1, 0.15) is 25.3 Å². The molecule has 1 heterocycles. The topological polar surface area (TPSA) is 35.6 Å². The molecular formula is C16H23N3O. The van der Waals surface area contributed by atoms with Gasteiger partial charge in [0.05, 0.1) is 6.54 Å². The number of benzene rings is 1. The highest BCUT2D eigenvalue weighted by Gasteiger charge is 2.28. The Bertz CT molecular complexity index is 498. The van der Waals surface area contributed by atoms with E-state index >= 15 is 0 Å². The summed E-state index contributed by atoms with van der Waals surface area (Å²) < 4.78 is 0. The number of hydrogen-bond donors (Lipinski definition) is 1. The predicted octanol–water partition coefficient (Wildman–Crippen LogP) is 1.61. The summed E-state index contributed by atoms with van der Waals surface area (Å²) in [6.07, 6.45) is 2.43. The van der Waals surface area contributed by atoms with E-state index in [-0.39, 0.29) is 11.9 Å². The standard InChI is InChI=1S/C16H23N3O/c1-12-10-18(2)15-6-4-3-5-13(15)11-19(12)16(20)9-17-14-7-8-14/h3-6,12,14,17H,7-11H2,1-2H3. The Morgan fingerprint density at radius 2 is 2.10 bits per heavy atom. The largest absolute Gasteiger partial charge is 0.372 e. The number of nitrogens with one attached hydrogen (secondary N) is 1. The van der Waals surface area contributed by atoms with E-state index in [1.807, 2.05) is 11.0 Å². The van der Waals surface area contributed by atoms with Crippen LogP contribution in [0.4, 0.5) is 5.69 Å². The van der Waals surface area contributed by atoms with Crippen molar-refractivity contribution in [1.29, 1.82) is 0 Å². The lowest BCUT2D eigenvalue weighted by Crippen LogP contribution is -2.45. The van der Waals surface area contributed by atoms with E-state index in [0.29, 0.717) is 19.1 Å². The van der Waals surface area contributed by atoms with Crippen molar-refractivity contribution < 1.29 is 4.79 Å². The Morgan fingerprint density at radius 3 is 2.85 bits per heavy atom. The fourth-order valence-electron chi connectivity index (χ4n) is 2.90. The van der Waals surface area contributed by atoms with E-state index in [0.717, 1.165) is 6.54 Å². The summed E-state index contributed by atoms with van der Waals surface area (Å²) in [5.74, 6) is 0.217. The van der Waals surface area contributed by atoms with E-state index < -0.39 is 0 Å². The Morgan fingerprint density at radius 1 is 1.35 bits per heavy atom. The van der Waals surface area contributed by atoms with Gasteiger partial charge in [-0.2, -0.15) is 0 Å². The van der Waals surface area contributed by atoms with Crippen LogP contribution in [0.25, 0.3) is 0 Å². The van der Waals surface area contributed by atoms with Crippen LogP contribution >= 0.6 is 0 Å². The molecule has 1 aromatic carbocycles. The molecule has 4 heteroatoms. The van der Waals surface area contributed by atoms with Gasteiger partial charge in [0.2, 0.25) is 5.91 Å². The number of anilines is 1. The van der Waals surface area contributed by atoms with Gasteiger partial charge in [-0.15, -0.1) is 0 Å². The SMILES string of the molecule is CC1CN(C)c2ccccc2CN1C(=O)CNC1CC1. The molecule has 1 aliphatic heterocycles. The minimum atomic E-state index is 0.217. The van der Waals surface area contributed by atoms with E-state index in [2.05, 4.69) is 42.4 Å². The molecule has 1 N–H and O–H groups in total. The second kappa shape index (κ2) is 5.44. The molecule has 2 aliphatic rings. The van der Waals surface area contributed by atoms with Gasteiger partial charge in [-0.3, -0.25) is 4.79 Å². The number of carbonyl (C=O) groups excluding carboxylic acids is 1. The molecule has 4 nitrogen and oxygen atoms in total. The number of para-hydroxylation sites is 1. The average molecular weight is 273 g/mol. The molecular weight excluding hydrogens is 250 g/mol. The van der Waals surface area contributed by atoms with Gasteiger partial charge in [-0.25, -0.2) is 0 Å². The first-order chi connectivity index (χ1) is 9.65. The van der Waals surface area contributed by atoms with E-state index in [1.54, 1.807) is 0 Å². The number of carbonyl (C=O) groups is 1. The first-order valence-electron chi connectivity index (χ1n) is 7.47. The first kappa shape index (κ1) is 13.4. The van der Waals surface area contributed by atoms with Crippen LogP contribution in [-0.2, 0) is 11.3 Å². The van der Waals surface area contributed by atoms with E-state index in [4.69, 9.17) is 0 Å². The maximum atomic E-state index is 12.5. The predicted molar refractivity (Wildman–Crippen MR) is 80.7 cm³/mol. The highest BCUT2D eigenvalue weighted by Crippen LogP contribution is 2.26. The average Bonchev–Trinajstić information content (AvgIpc) is 3.26. The van der Waals surface area contributed by atoms with Crippen LogP contribution in [0.3, 0.4) is 0 Å². The molecule has 1 aliphatic carbocycles. The van der Waals surface area contributed by atoms with Crippen molar-refractivity contribution >= 4 is 11.6 Å². The van der Waals surface area contributed by atoms with E-state index in [9.17, 15) is 4.79 Å². The number of nitrogens with zero attached hydrogens (tertiary/aromatic N) is 2. The quantitative estimate of drug-likeness (QED) is 0.909. The number of amides is 1. The molecule has 1 unspecified atom stereocenters. The van der Waals surface area contributed by atoms with Gasteiger partial charge < -0.3 is 15.1 Å². The summed E-state index contributed by atoms with van der Waals surface area (Å²) in [6, 6.07) is 9.19. The fraction of sp³-hybridized carbons (Fsp3) is 0.562. The second-order valence-corrected chi connectivity index (χ2v) is 6.04. The molecule has 0 saturated heterocycles. The van der Waals surface area contributed by atoms with Crippen molar-refractivity contribution in [2.45, 2.75) is 38.4 Å².